The predicted octanol–water partition coefficient (Wildman–Crippen LogP) is 3.58. The van der Waals surface area contributed by atoms with Gasteiger partial charge >= 0.3 is 0 Å². The maximum atomic E-state index is 10.4. The molecule has 0 fully saturated rings. The normalized spacial score (nSPS) is 12.8. The van der Waals surface area contributed by atoms with Gasteiger partial charge in [0, 0.05) is 16.7 Å². The second kappa shape index (κ2) is 5.31. The SMILES string of the molecule is Cc1sc2ncnc(CC(O)c3ccccc3)c2c1C. The molecule has 0 aliphatic heterocycles. The van der Waals surface area contributed by atoms with Gasteiger partial charge in [0.15, 0.2) is 0 Å². The molecule has 0 spiro atoms. The van der Waals surface area contributed by atoms with Crippen molar-refractivity contribution >= 4 is 21.6 Å². The minimum absolute atomic E-state index is 0.514. The Morgan fingerprint density at radius 1 is 1.15 bits per heavy atom. The van der Waals surface area contributed by atoms with Crippen molar-refractivity contribution < 1.29 is 5.11 Å². The zero-order valence-electron chi connectivity index (χ0n) is 11.5. The van der Waals surface area contributed by atoms with E-state index in [-0.39, 0.29) is 0 Å². The Labute approximate surface area is 122 Å². The topological polar surface area (TPSA) is 46.0 Å². The summed E-state index contributed by atoms with van der Waals surface area (Å²) in [5.41, 5.74) is 3.07. The number of aliphatic hydroxyl groups excluding tert-OH is 1. The van der Waals surface area contributed by atoms with E-state index in [2.05, 4.69) is 23.8 Å². The minimum Gasteiger partial charge on any atom is -0.388 e. The highest BCUT2D eigenvalue weighted by Gasteiger charge is 2.15. The third-order valence-electron chi connectivity index (χ3n) is 3.61. The molecule has 1 aromatic carbocycles. The lowest BCUT2D eigenvalue weighted by Crippen LogP contribution is -2.04. The molecule has 0 saturated heterocycles. The van der Waals surface area contributed by atoms with Crippen LogP contribution in [0.2, 0.25) is 0 Å². The van der Waals surface area contributed by atoms with E-state index >= 15 is 0 Å². The number of hydrogen-bond acceptors (Lipinski definition) is 4. The number of benzene rings is 1. The lowest BCUT2D eigenvalue weighted by atomic mass is 10.0. The summed E-state index contributed by atoms with van der Waals surface area (Å²) < 4.78 is 0. The average molecular weight is 284 g/mol. The average Bonchev–Trinajstić information content (AvgIpc) is 2.76. The number of rotatable bonds is 3. The van der Waals surface area contributed by atoms with E-state index in [4.69, 9.17) is 0 Å². The number of aryl methyl sites for hydroxylation is 2. The van der Waals surface area contributed by atoms with Gasteiger partial charge in [-0.15, -0.1) is 11.3 Å². The molecular formula is C16H16N2OS. The lowest BCUT2D eigenvalue weighted by Gasteiger charge is -2.11. The third-order valence-corrected chi connectivity index (χ3v) is 4.73. The fourth-order valence-electron chi connectivity index (χ4n) is 2.39. The van der Waals surface area contributed by atoms with Crippen molar-refractivity contribution in [2.24, 2.45) is 0 Å². The number of thiophene rings is 1. The monoisotopic (exact) mass is 284 g/mol. The van der Waals surface area contributed by atoms with Gasteiger partial charge < -0.3 is 5.11 Å². The van der Waals surface area contributed by atoms with Crippen LogP contribution in [0.1, 0.15) is 27.8 Å². The van der Waals surface area contributed by atoms with E-state index in [1.807, 2.05) is 30.3 Å². The first-order chi connectivity index (χ1) is 9.66. The Hall–Kier alpha value is -1.78. The molecule has 0 amide bonds. The highest BCUT2D eigenvalue weighted by atomic mass is 32.1. The lowest BCUT2D eigenvalue weighted by molar-refractivity contribution is 0.177. The number of hydrogen-bond donors (Lipinski definition) is 1. The molecule has 1 unspecified atom stereocenters. The Morgan fingerprint density at radius 2 is 1.90 bits per heavy atom. The maximum Gasteiger partial charge on any atom is 0.127 e. The van der Waals surface area contributed by atoms with E-state index in [1.54, 1.807) is 17.7 Å². The summed E-state index contributed by atoms with van der Waals surface area (Å²) in [6.45, 7) is 4.19. The van der Waals surface area contributed by atoms with Crippen LogP contribution in [0.3, 0.4) is 0 Å². The number of aliphatic hydroxyl groups is 1. The molecule has 0 saturated carbocycles. The summed E-state index contributed by atoms with van der Waals surface area (Å²) in [6, 6.07) is 9.71. The molecule has 1 N–H and O–H groups in total. The fraction of sp³-hybridized carbons (Fsp3) is 0.250. The molecule has 3 rings (SSSR count). The molecule has 2 heterocycles. The first-order valence-electron chi connectivity index (χ1n) is 6.59. The molecule has 0 bridgehead atoms. The standard InChI is InChI=1S/C16H16N2OS/c1-10-11(2)20-16-15(10)13(17-9-18-16)8-14(19)12-6-4-3-5-7-12/h3-7,9,14,19H,8H2,1-2H3. The molecule has 4 heteroatoms. The van der Waals surface area contributed by atoms with Crippen LogP contribution in [-0.2, 0) is 6.42 Å². The maximum absolute atomic E-state index is 10.4. The van der Waals surface area contributed by atoms with Gasteiger partial charge in [-0.3, -0.25) is 0 Å². The Kier molecular flexibility index (Phi) is 3.51. The van der Waals surface area contributed by atoms with E-state index in [0.29, 0.717) is 6.42 Å². The van der Waals surface area contributed by atoms with Crippen LogP contribution in [0.25, 0.3) is 10.2 Å². The Balaban J connectivity index is 1.99. The molecule has 0 aliphatic carbocycles. The van der Waals surface area contributed by atoms with Gasteiger partial charge in [0.2, 0.25) is 0 Å². The van der Waals surface area contributed by atoms with E-state index < -0.39 is 6.10 Å². The van der Waals surface area contributed by atoms with Crippen LogP contribution in [-0.4, -0.2) is 15.1 Å². The summed E-state index contributed by atoms with van der Waals surface area (Å²) in [7, 11) is 0. The molecule has 3 aromatic rings. The van der Waals surface area contributed by atoms with Gasteiger partial charge in [0.1, 0.15) is 11.2 Å². The highest BCUT2D eigenvalue weighted by Crippen LogP contribution is 2.31. The second-order valence-electron chi connectivity index (χ2n) is 4.91. The molecule has 1 atom stereocenters. The zero-order valence-corrected chi connectivity index (χ0v) is 12.3. The van der Waals surface area contributed by atoms with Crippen LogP contribution in [0, 0.1) is 13.8 Å². The van der Waals surface area contributed by atoms with Crippen LogP contribution in [0.15, 0.2) is 36.7 Å². The van der Waals surface area contributed by atoms with E-state index in [9.17, 15) is 5.11 Å². The zero-order chi connectivity index (χ0) is 14.1. The summed E-state index contributed by atoms with van der Waals surface area (Å²) in [5.74, 6) is 0. The molecule has 0 aliphatic rings. The van der Waals surface area contributed by atoms with Crippen LogP contribution >= 0.6 is 11.3 Å². The first kappa shape index (κ1) is 13.2. The Bertz CT molecular complexity index is 737. The first-order valence-corrected chi connectivity index (χ1v) is 7.41. The van der Waals surface area contributed by atoms with Gasteiger partial charge in [-0.1, -0.05) is 30.3 Å². The minimum atomic E-state index is -0.533. The van der Waals surface area contributed by atoms with Crippen molar-refractivity contribution in [1.82, 2.24) is 9.97 Å². The fourth-order valence-corrected chi connectivity index (χ4v) is 3.40. The van der Waals surface area contributed by atoms with Gasteiger partial charge in [-0.05, 0) is 25.0 Å². The Morgan fingerprint density at radius 3 is 2.65 bits per heavy atom. The summed E-state index contributed by atoms with van der Waals surface area (Å²) in [5, 5.41) is 11.5. The van der Waals surface area contributed by atoms with Crippen LogP contribution in [0.5, 0.6) is 0 Å². The molecule has 3 nitrogen and oxygen atoms in total. The van der Waals surface area contributed by atoms with Gasteiger partial charge in [0.05, 0.1) is 11.8 Å². The van der Waals surface area contributed by atoms with Crippen LogP contribution in [0.4, 0.5) is 0 Å². The van der Waals surface area contributed by atoms with Crippen molar-refractivity contribution in [1.29, 1.82) is 0 Å². The van der Waals surface area contributed by atoms with E-state index in [0.717, 1.165) is 21.5 Å². The smallest absolute Gasteiger partial charge is 0.127 e. The third kappa shape index (κ3) is 2.32. The molecular weight excluding hydrogens is 268 g/mol. The quantitative estimate of drug-likeness (QED) is 0.799. The van der Waals surface area contributed by atoms with Crippen molar-refractivity contribution in [3.05, 3.63) is 58.4 Å². The molecule has 2 aromatic heterocycles. The molecule has 102 valence electrons. The van der Waals surface area contributed by atoms with E-state index in [1.165, 1.54) is 10.4 Å². The summed E-state index contributed by atoms with van der Waals surface area (Å²) in [4.78, 5) is 11.0. The van der Waals surface area contributed by atoms with Crippen molar-refractivity contribution in [2.75, 3.05) is 0 Å². The largest absolute Gasteiger partial charge is 0.388 e. The number of fused-ring (bicyclic) bond motifs is 1. The molecule has 20 heavy (non-hydrogen) atoms. The predicted molar refractivity (Wildman–Crippen MR) is 82.0 cm³/mol. The number of nitrogens with zero attached hydrogens (tertiary/aromatic N) is 2. The van der Waals surface area contributed by atoms with Crippen molar-refractivity contribution in [3.8, 4) is 0 Å². The van der Waals surface area contributed by atoms with Crippen LogP contribution < -0.4 is 0 Å². The van der Waals surface area contributed by atoms with Crippen molar-refractivity contribution in [2.45, 2.75) is 26.4 Å². The second-order valence-corrected chi connectivity index (χ2v) is 6.12. The van der Waals surface area contributed by atoms with Gasteiger partial charge in [-0.2, -0.15) is 0 Å². The summed E-state index contributed by atoms with van der Waals surface area (Å²) >= 11 is 1.68. The summed E-state index contributed by atoms with van der Waals surface area (Å²) in [6.07, 6.45) is 1.57. The van der Waals surface area contributed by atoms with Gasteiger partial charge in [-0.25, -0.2) is 9.97 Å². The number of aromatic nitrogens is 2. The highest BCUT2D eigenvalue weighted by molar-refractivity contribution is 7.18. The van der Waals surface area contributed by atoms with Gasteiger partial charge in [0.25, 0.3) is 0 Å². The molecule has 0 radical (unpaired) electrons. The van der Waals surface area contributed by atoms with Crippen molar-refractivity contribution in [3.63, 3.8) is 0 Å².